The van der Waals surface area contributed by atoms with Crippen molar-refractivity contribution < 1.29 is 0 Å². The van der Waals surface area contributed by atoms with Gasteiger partial charge in [0, 0.05) is 23.6 Å². The first-order valence-corrected chi connectivity index (χ1v) is 5.95. The molecule has 1 heterocycles. The summed E-state index contributed by atoms with van der Waals surface area (Å²) in [6.45, 7) is 7.09. The molecule has 1 unspecified atom stereocenters. The Morgan fingerprint density at radius 3 is 2.36 bits per heavy atom. The van der Waals surface area contributed by atoms with Crippen LogP contribution in [0.4, 0.5) is 0 Å². The van der Waals surface area contributed by atoms with E-state index < -0.39 is 0 Å². The normalized spacial score (nSPS) is 20.5. The van der Waals surface area contributed by atoms with E-state index in [0.717, 1.165) is 10.4 Å². The van der Waals surface area contributed by atoms with Crippen LogP contribution in [-0.2, 0) is 0 Å². The molecular formula is C12H16BrN. The lowest BCUT2D eigenvalue weighted by molar-refractivity contribution is 0.0702. The number of rotatable bonds is 2. The van der Waals surface area contributed by atoms with Gasteiger partial charge in [0.05, 0.1) is 0 Å². The van der Waals surface area contributed by atoms with Gasteiger partial charge in [-0.1, -0.05) is 35.0 Å². The van der Waals surface area contributed by atoms with E-state index in [1.807, 2.05) is 0 Å². The van der Waals surface area contributed by atoms with Gasteiger partial charge in [0.15, 0.2) is 0 Å². The Labute approximate surface area is 94.2 Å². The molecule has 1 atom stereocenters. The van der Waals surface area contributed by atoms with E-state index in [-0.39, 0.29) is 0 Å². The summed E-state index contributed by atoms with van der Waals surface area (Å²) < 4.78 is 1.16. The number of hydrogen-bond acceptors (Lipinski definition) is 1. The average Bonchev–Trinajstić information content (AvgIpc) is 2.13. The molecule has 76 valence electrons. The van der Waals surface area contributed by atoms with Crippen molar-refractivity contribution in [3.8, 4) is 0 Å². The first-order valence-electron chi connectivity index (χ1n) is 5.16. The van der Waals surface area contributed by atoms with Gasteiger partial charge in [-0.3, -0.25) is 4.90 Å². The molecule has 0 radical (unpaired) electrons. The molecule has 1 aliphatic heterocycles. The Morgan fingerprint density at radius 2 is 1.86 bits per heavy atom. The largest absolute Gasteiger partial charge is 0.296 e. The summed E-state index contributed by atoms with van der Waals surface area (Å²) in [4.78, 5) is 2.52. The SMILES string of the molecule is CC1CN(C(C)c2ccc(Br)cc2)C1. The van der Waals surface area contributed by atoms with Crippen LogP contribution in [-0.4, -0.2) is 18.0 Å². The van der Waals surface area contributed by atoms with Crippen molar-refractivity contribution >= 4 is 15.9 Å². The zero-order chi connectivity index (χ0) is 10.1. The molecule has 0 bridgehead atoms. The second-order valence-corrected chi connectivity index (χ2v) is 5.20. The Balaban J connectivity index is 2.04. The van der Waals surface area contributed by atoms with E-state index in [0.29, 0.717) is 6.04 Å². The highest BCUT2D eigenvalue weighted by molar-refractivity contribution is 9.10. The van der Waals surface area contributed by atoms with Gasteiger partial charge in [-0.05, 0) is 30.5 Å². The maximum atomic E-state index is 3.46. The molecule has 0 aliphatic carbocycles. The lowest BCUT2D eigenvalue weighted by Gasteiger charge is -2.41. The van der Waals surface area contributed by atoms with Crippen molar-refractivity contribution in [2.24, 2.45) is 5.92 Å². The van der Waals surface area contributed by atoms with Gasteiger partial charge in [-0.2, -0.15) is 0 Å². The average molecular weight is 254 g/mol. The third-order valence-corrected chi connectivity index (χ3v) is 3.52. The third kappa shape index (κ3) is 2.01. The van der Waals surface area contributed by atoms with Gasteiger partial charge in [0.1, 0.15) is 0 Å². The predicted molar refractivity (Wildman–Crippen MR) is 63.3 cm³/mol. The minimum Gasteiger partial charge on any atom is -0.296 e. The molecule has 1 aromatic carbocycles. The molecule has 1 nitrogen and oxygen atoms in total. The topological polar surface area (TPSA) is 3.24 Å². The number of benzene rings is 1. The molecule has 2 rings (SSSR count). The molecule has 1 saturated heterocycles. The van der Waals surface area contributed by atoms with Gasteiger partial charge in [0.2, 0.25) is 0 Å². The van der Waals surface area contributed by atoms with Gasteiger partial charge >= 0.3 is 0 Å². The van der Waals surface area contributed by atoms with Crippen molar-refractivity contribution in [2.75, 3.05) is 13.1 Å². The Bertz CT molecular complexity index is 301. The smallest absolute Gasteiger partial charge is 0.0320 e. The van der Waals surface area contributed by atoms with Crippen LogP contribution in [0.1, 0.15) is 25.5 Å². The van der Waals surface area contributed by atoms with Crippen LogP contribution in [0.25, 0.3) is 0 Å². The van der Waals surface area contributed by atoms with Gasteiger partial charge in [-0.15, -0.1) is 0 Å². The van der Waals surface area contributed by atoms with Crippen LogP contribution >= 0.6 is 15.9 Å². The highest BCUT2D eigenvalue weighted by atomic mass is 79.9. The van der Waals surface area contributed by atoms with Crippen LogP contribution in [0.3, 0.4) is 0 Å². The van der Waals surface area contributed by atoms with E-state index >= 15 is 0 Å². The molecule has 14 heavy (non-hydrogen) atoms. The van der Waals surface area contributed by atoms with Crippen molar-refractivity contribution in [3.05, 3.63) is 34.3 Å². The molecule has 0 aromatic heterocycles. The molecule has 0 amide bonds. The highest BCUT2D eigenvalue weighted by Gasteiger charge is 2.27. The summed E-state index contributed by atoms with van der Waals surface area (Å²) >= 11 is 3.46. The summed E-state index contributed by atoms with van der Waals surface area (Å²) in [5, 5.41) is 0. The fourth-order valence-corrected chi connectivity index (χ4v) is 2.28. The molecule has 1 fully saturated rings. The summed E-state index contributed by atoms with van der Waals surface area (Å²) in [6, 6.07) is 9.22. The van der Waals surface area contributed by atoms with Gasteiger partial charge in [0.25, 0.3) is 0 Å². The lowest BCUT2D eigenvalue weighted by Crippen LogP contribution is -2.46. The number of hydrogen-bond donors (Lipinski definition) is 0. The van der Waals surface area contributed by atoms with Crippen molar-refractivity contribution in [3.63, 3.8) is 0 Å². The summed E-state index contributed by atoms with van der Waals surface area (Å²) in [5.41, 5.74) is 1.42. The minimum atomic E-state index is 0.569. The Hall–Kier alpha value is -0.340. The molecule has 1 aliphatic rings. The third-order valence-electron chi connectivity index (χ3n) is 2.99. The summed E-state index contributed by atoms with van der Waals surface area (Å²) in [6.07, 6.45) is 0. The maximum Gasteiger partial charge on any atom is 0.0320 e. The zero-order valence-electron chi connectivity index (χ0n) is 8.70. The Kier molecular flexibility index (Phi) is 2.93. The van der Waals surface area contributed by atoms with E-state index in [1.54, 1.807) is 0 Å². The van der Waals surface area contributed by atoms with Crippen LogP contribution in [0.5, 0.6) is 0 Å². The molecular weight excluding hydrogens is 238 g/mol. The van der Waals surface area contributed by atoms with Crippen molar-refractivity contribution in [2.45, 2.75) is 19.9 Å². The standard InChI is InChI=1S/C12H16BrN/c1-9-7-14(8-9)10(2)11-3-5-12(13)6-4-11/h3-6,9-10H,7-8H2,1-2H3. The molecule has 0 spiro atoms. The zero-order valence-corrected chi connectivity index (χ0v) is 10.3. The molecule has 0 saturated carbocycles. The van der Waals surface area contributed by atoms with Crippen LogP contribution in [0.15, 0.2) is 28.7 Å². The fraction of sp³-hybridized carbons (Fsp3) is 0.500. The van der Waals surface area contributed by atoms with Crippen LogP contribution in [0, 0.1) is 5.92 Å². The van der Waals surface area contributed by atoms with E-state index in [2.05, 4.69) is 58.9 Å². The second kappa shape index (κ2) is 4.03. The highest BCUT2D eigenvalue weighted by Crippen LogP contribution is 2.28. The van der Waals surface area contributed by atoms with Crippen molar-refractivity contribution in [1.29, 1.82) is 0 Å². The van der Waals surface area contributed by atoms with Crippen molar-refractivity contribution in [1.82, 2.24) is 4.90 Å². The lowest BCUT2D eigenvalue weighted by atomic mass is 9.97. The van der Waals surface area contributed by atoms with Crippen LogP contribution in [0.2, 0.25) is 0 Å². The monoisotopic (exact) mass is 253 g/mol. The number of likely N-dealkylation sites (tertiary alicyclic amines) is 1. The second-order valence-electron chi connectivity index (χ2n) is 4.29. The predicted octanol–water partition coefficient (Wildman–Crippen LogP) is 3.46. The van der Waals surface area contributed by atoms with Gasteiger partial charge in [-0.25, -0.2) is 0 Å². The minimum absolute atomic E-state index is 0.569. The quantitative estimate of drug-likeness (QED) is 0.781. The number of halogens is 1. The summed E-state index contributed by atoms with van der Waals surface area (Å²) in [5.74, 6) is 0.882. The van der Waals surface area contributed by atoms with Crippen LogP contribution < -0.4 is 0 Å². The summed E-state index contributed by atoms with van der Waals surface area (Å²) in [7, 11) is 0. The first-order chi connectivity index (χ1) is 6.66. The maximum absolute atomic E-state index is 3.46. The van der Waals surface area contributed by atoms with E-state index in [9.17, 15) is 0 Å². The number of nitrogens with zero attached hydrogens (tertiary/aromatic N) is 1. The molecule has 2 heteroatoms. The first kappa shape index (κ1) is 10.2. The van der Waals surface area contributed by atoms with Gasteiger partial charge < -0.3 is 0 Å². The van der Waals surface area contributed by atoms with E-state index in [4.69, 9.17) is 0 Å². The fourth-order valence-electron chi connectivity index (χ4n) is 2.02. The van der Waals surface area contributed by atoms with E-state index in [1.165, 1.54) is 18.7 Å². The molecule has 1 aromatic rings. The molecule has 0 N–H and O–H groups in total. The Morgan fingerprint density at radius 1 is 1.29 bits per heavy atom.